The first-order valence-electron chi connectivity index (χ1n) is 4.23. The van der Waals surface area contributed by atoms with Crippen LogP contribution in [0.15, 0.2) is 30.3 Å². The molecule has 0 bridgehead atoms. The molecule has 2 nitrogen and oxygen atoms in total. The second-order valence-electron chi connectivity index (χ2n) is 3.08. The monoisotopic (exact) mass is 235 g/mol. The Morgan fingerprint density at radius 2 is 1.71 bits per heavy atom. The van der Waals surface area contributed by atoms with E-state index in [1.165, 1.54) is 6.92 Å². The van der Waals surface area contributed by atoms with E-state index < -0.39 is 0 Å². The topological polar surface area (TPSA) is 34.1 Å². The number of hydrogen-bond acceptors (Lipinski definition) is 2. The molecule has 0 saturated heterocycles. The molecule has 1 aromatic rings. The summed E-state index contributed by atoms with van der Waals surface area (Å²) in [5.41, 5.74) is 0.966. The normalized spacial score (nSPS) is 8.93. The van der Waals surface area contributed by atoms with Crippen molar-refractivity contribution in [3.63, 3.8) is 0 Å². The molecule has 0 atom stereocenters. The van der Waals surface area contributed by atoms with Crippen LogP contribution in [0.3, 0.4) is 0 Å². The Balaban J connectivity index is 0.00000169. The number of benzene rings is 1. The molecule has 1 radical (unpaired) electrons. The number of ketones is 2. The van der Waals surface area contributed by atoms with Gasteiger partial charge in [0.25, 0.3) is 0 Å². The second-order valence-corrected chi connectivity index (χ2v) is 3.08. The maximum absolute atomic E-state index is 11.2. The minimum absolute atomic E-state index is 0. The predicted molar refractivity (Wildman–Crippen MR) is 50.5 cm³/mol. The summed E-state index contributed by atoms with van der Waals surface area (Å²) in [6.07, 6.45) is 0.412. The van der Waals surface area contributed by atoms with Gasteiger partial charge in [0.15, 0.2) is 0 Å². The summed E-state index contributed by atoms with van der Waals surface area (Å²) in [6.45, 7) is 1.43. The Morgan fingerprint density at radius 1 is 1.14 bits per heavy atom. The van der Waals surface area contributed by atoms with Gasteiger partial charge in [0.1, 0.15) is 11.6 Å². The zero-order valence-electron chi connectivity index (χ0n) is 7.95. The Hall–Kier alpha value is -0.934. The van der Waals surface area contributed by atoms with Crippen LogP contribution in [-0.2, 0) is 32.8 Å². The summed E-state index contributed by atoms with van der Waals surface area (Å²) in [6, 6.07) is 9.45. The summed E-state index contributed by atoms with van der Waals surface area (Å²) in [4.78, 5) is 21.8. The van der Waals surface area contributed by atoms with Gasteiger partial charge in [0.2, 0.25) is 0 Å². The molecular formula is C11H12CoO2. The molecule has 0 unspecified atom stereocenters. The van der Waals surface area contributed by atoms with E-state index in [1.807, 2.05) is 30.3 Å². The van der Waals surface area contributed by atoms with Gasteiger partial charge in [-0.15, -0.1) is 0 Å². The molecular weight excluding hydrogens is 223 g/mol. The average Bonchev–Trinajstić information content (AvgIpc) is 2.04. The van der Waals surface area contributed by atoms with Crippen molar-refractivity contribution in [2.75, 3.05) is 0 Å². The molecule has 1 rings (SSSR count). The van der Waals surface area contributed by atoms with Gasteiger partial charge in [0.05, 0.1) is 6.42 Å². The maximum Gasteiger partial charge on any atom is 0.144 e. The molecule has 0 fully saturated rings. The van der Waals surface area contributed by atoms with E-state index in [-0.39, 0.29) is 34.8 Å². The predicted octanol–water partition coefficient (Wildman–Crippen LogP) is 1.77. The van der Waals surface area contributed by atoms with Crippen molar-refractivity contribution in [1.29, 1.82) is 0 Å². The summed E-state index contributed by atoms with van der Waals surface area (Å²) >= 11 is 0. The first-order valence-corrected chi connectivity index (χ1v) is 4.23. The fraction of sp³-hybridized carbons (Fsp3) is 0.273. The quantitative estimate of drug-likeness (QED) is 0.745. The van der Waals surface area contributed by atoms with Gasteiger partial charge in [0, 0.05) is 23.2 Å². The maximum atomic E-state index is 11.2. The van der Waals surface area contributed by atoms with Crippen molar-refractivity contribution in [3.8, 4) is 0 Å². The number of carbonyl (C=O) groups excluding carboxylic acids is 2. The van der Waals surface area contributed by atoms with E-state index in [2.05, 4.69) is 0 Å². The summed E-state index contributed by atoms with van der Waals surface area (Å²) in [7, 11) is 0. The van der Waals surface area contributed by atoms with E-state index in [1.54, 1.807) is 0 Å². The Morgan fingerprint density at radius 3 is 2.21 bits per heavy atom. The van der Waals surface area contributed by atoms with E-state index in [0.29, 0.717) is 6.42 Å². The Bertz CT molecular complexity index is 306. The molecule has 3 heteroatoms. The van der Waals surface area contributed by atoms with E-state index in [0.717, 1.165) is 5.56 Å². The molecule has 77 valence electrons. The van der Waals surface area contributed by atoms with Crippen LogP contribution >= 0.6 is 0 Å². The molecule has 0 aliphatic rings. The minimum Gasteiger partial charge on any atom is -0.300 e. The molecule has 0 amide bonds. The van der Waals surface area contributed by atoms with Crippen LogP contribution in [0.2, 0.25) is 0 Å². The van der Waals surface area contributed by atoms with Crippen LogP contribution in [0.1, 0.15) is 18.9 Å². The zero-order chi connectivity index (χ0) is 9.68. The summed E-state index contributed by atoms with van der Waals surface area (Å²) in [5.74, 6) is -0.0837. The molecule has 0 heterocycles. The third-order valence-electron chi connectivity index (χ3n) is 1.69. The molecule has 14 heavy (non-hydrogen) atoms. The molecule has 0 aromatic heterocycles. The van der Waals surface area contributed by atoms with Gasteiger partial charge in [-0.2, -0.15) is 0 Å². The van der Waals surface area contributed by atoms with Gasteiger partial charge < -0.3 is 0 Å². The fourth-order valence-corrected chi connectivity index (χ4v) is 1.16. The molecule has 1 aromatic carbocycles. The SMILES string of the molecule is CC(=O)CC(=O)Cc1ccccc1.[Co]. The number of hydrogen-bond donors (Lipinski definition) is 0. The van der Waals surface area contributed by atoms with Gasteiger partial charge in [-0.25, -0.2) is 0 Å². The third kappa shape index (κ3) is 4.94. The number of carbonyl (C=O) groups is 2. The van der Waals surface area contributed by atoms with Gasteiger partial charge in [-0.05, 0) is 12.5 Å². The smallest absolute Gasteiger partial charge is 0.144 e. The van der Waals surface area contributed by atoms with Crippen LogP contribution in [0.4, 0.5) is 0 Å². The molecule has 0 aliphatic heterocycles. The van der Waals surface area contributed by atoms with Crippen LogP contribution < -0.4 is 0 Å². The standard InChI is InChI=1S/C11H12O2.Co/c1-9(12)7-11(13)8-10-5-3-2-4-6-10;/h2-6H,7-8H2,1H3;. The second kappa shape index (κ2) is 6.51. The van der Waals surface area contributed by atoms with E-state index in [4.69, 9.17) is 0 Å². The number of rotatable bonds is 4. The van der Waals surface area contributed by atoms with Crippen molar-refractivity contribution in [2.45, 2.75) is 19.8 Å². The molecule has 0 N–H and O–H groups in total. The van der Waals surface area contributed by atoms with Crippen molar-refractivity contribution in [1.82, 2.24) is 0 Å². The Kier molecular flexibility index (Phi) is 6.08. The molecule has 0 spiro atoms. The van der Waals surface area contributed by atoms with E-state index >= 15 is 0 Å². The van der Waals surface area contributed by atoms with Crippen LogP contribution in [0.5, 0.6) is 0 Å². The summed E-state index contributed by atoms with van der Waals surface area (Å²) < 4.78 is 0. The largest absolute Gasteiger partial charge is 0.300 e. The van der Waals surface area contributed by atoms with Crippen LogP contribution in [-0.4, -0.2) is 11.6 Å². The van der Waals surface area contributed by atoms with Gasteiger partial charge >= 0.3 is 0 Å². The van der Waals surface area contributed by atoms with Crippen molar-refractivity contribution in [3.05, 3.63) is 35.9 Å². The van der Waals surface area contributed by atoms with Crippen molar-refractivity contribution < 1.29 is 26.4 Å². The fourth-order valence-electron chi connectivity index (χ4n) is 1.16. The van der Waals surface area contributed by atoms with Crippen LogP contribution in [0, 0.1) is 0 Å². The zero-order valence-corrected chi connectivity index (χ0v) is 8.99. The molecule has 0 aliphatic carbocycles. The van der Waals surface area contributed by atoms with Crippen molar-refractivity contribution >= 4 is 11.6 Å². The number of Topliss-reactive ketones (excluding diaryl/α,β-unsaturated/α-hetero) is 2. The summed E-state index contributed by atoms with van der Waals surface area (Å²) in [5, 5.41) is 0. The van der Waals surface area contributed by atoms with Gasteiger partial charge in [-0.1, -0.05) is 30.3 Å². The van der Waals surface area contributed by atoms with Crippen LogP contribution in [0.25, 0.3) is 0 Å². The van der Waals surface area contributed by atoms with E-state index in [9.17, 15) is 9.59 Å². The molecule has 0 saturated carbocycles. The first-order chi connectivity index (χ1) is 6.18. The minimum atomic E-state index is -0.0686. The average molecular weight is 235 g/mol. The van der Waals surface area contributed by atoms with Crippen molar-refractivity contribution in [2.24, 2.45) is 0 Å². The first kappa shape index (κ1) is 13.1. The Labute approximate surface area is 93.9 Å². The third-order valence-corrected chi connectivity index (χ3v) is 1.69. The van der Waals surface area contributed by atoms with Gasteiger partial charge in [-0.3, -0.25) is 9.59 Å².